The number of hydrogen-bond donors (Lipinski definition) is 1. The third kappa shape index (κ3) is 5.72. The molecule has 1 N–H and O–H groups in total. The molecule has 3 rings (SSSR count). The third-order valence-electron chi connectivity index (χ3n) is 4.27. The first-order valence-electron chi connectivity index (χ1n) is 8.68. The molecule has 1 saturated heterocycles. The van der Waals surface area contributed by atoms with Crippen molar-refractivity contribution in [2.45, 2.75) is 23.9 Å². The Kier molecular flexibility index (Phi) is 7.14. The van der Waals surface area contributed by atoms with Crippen LogP contribution in [0.1, 0.15) is 21.5 Å². The minimum absolute atomic E-state index is 0.0339. The molecule has 0 radical (unpaired) electrons. The molecule has 1 aliphatic rings. The van der Waals surface area contributed by atoms with E-state index in [1.54, 1.807) is 6.07 Å². The highest BCUT2D eigenvalue weighted by Gasteiger charge is 2.17. The molecule has 0 unspecified atom stereocenters. The number of pyridine rings is 1. The summed E-state index contributed by atoms with van der Waals surface area (Å²) in [5, 5.41) is 2.86. The van der Waals surface area contributed by atoms with Gasteiger partial charge in [0, 0.05) is 32.4 Å². The number of alkyl halides is 2. The topological polar surface area (TPSA) is 54.5 Å². The fourth-order valence-corrected chi connectivity index (χ4v) is 3.48. The molecule has 2 aromatic rings. The number of morpholine rings is 1. The van der Waals surface area contributed by atoms with E-state index in [-0.39, 0.29) is 22.4 Å². The molecule has 1 aromatic heterocycles. The number of carbonyl (C=O) groups excluding carboxylic acids is 1. The summed E-state index contributed by atoms with van der Waals surface area (Å²) in [5.74, 6) is -3.03. The minimum atomic E-state index is -2.62. The summed E-state index contributed by atoms with van der Waals surface area (Å²) in [6.07, 6.45) is 1.40. The minimum Gasteiger partial charge on any atom is -0.379 e. The van der Waals surface area contributed by atoms with Crippen molar-refractivity contribution in [1.29, 1.82) is 0 Å². The lowest BCUT2D eigenvalue weighted by Crippen LogP contribution is -2.36. The second-order valence-electron chi connectivity index (χ2n) is 6.07. The van der Waals surface area contributed by atoms with Crippen molar-refractivity contribution < 1.29 is 18.3 Å². The van der Waals surface area contributed by atoms with Crippen molar-refractivity contribution >= 4 is 17.7 Å². The number of benzene rings is 1. The molecule has 1 aromatic carbocycles. The smallest absolute Gasteiger partial charge is 0.290 e. The van der Waals surface area contributed by atoms with E-state index in [0.717, 1.165) is 44.0 Å². The standard InChI is InChI=1S/C19H21F2N3O2S/c20-19(21)27-18-16(6-3-7-22-18)17(25)23-12-14-4-1-2-5-15(14)13-24-8-10-26-11-9-24/h1-7,19H,8-13H2,(H,23,25). The van der Waals surface area contributed by atoms with Gasteiger partial charge in [0.2, 0.25) is 0 Å². The molecule has 1 amide bonds. The first kappa shape index (κ1) is 19.7. The van der Waals surface area contributed by atoms with Gasteiger partial charge in [0.05, 0.1) is 18.8 Å². The number of thioether (sulfide) groups is 1. The number of ether oxygens (including phenoxy) is 1. The average Bonchev–Trinajstić information content (AvgIpc) is 2.68. The molecule has 0 spiro atoms. The van der Waals surface area contributed by atoms with Gasteiger partial charge in [-0.15, -0.1) is 0 Å². The first-order chi connectivity index (χ1) is 13.1. The van der Waals surface area contributed by atoms with Crippen LogP contribution in [-0.4, -0.2) is 47.9 Å². The highest BCUT2D eigenvalue weighted by atomic mass is 32.2. The van der Waals surface area contributed by atoms with E-state index in [2.05, 4.69) is 15.2 Å². The predicted octanol–water partition coefficient (Wildman–Crippen LogP) is 3.16. The Labute approximate surface area is 161 Å². The number of rotatable bonds is 7. The molecule has 8 heteroatoms. The highest BCUT2D eigenvalue weighted by Crippen LogP contribution is 2.26. The number of hydrogen-bond acceptors (Lipinski definition) is 5. The molecule has 2 heterocycles. The van der Waals surface area contributed by atoms with Gasteiger partial charge in [-0.3, -0.25) is 9.69 Å². The van der Waals surface area contributed by atoms with Crippen LogP contribution in [0.5, 0.6) is 0 Å². The Bertz CT molecular complexity index is 770. The Hall–Kier alpha value is -2.03. The number of nitrogens with one attached hydrogen (secondary N) is 1. The summed E-state index contributed by atoms with van der Waals surface area (Å²) in [5.41, 5.74) is 2.30. The van der Waals surface area contributed by atoms with E-state index in [9.17, 15) is 13.6 Å². The van der Waals surface area contributed by atoms with Gasteiger partial charge in [0.25, 0.3) is 11.7 Å². The van der Waals surface area contributed by atoms with Crippen molar-refractivity contribution in [3.05, 3.63) is 59.3 Å². The third-order valence-corrected chi connectivity index (χ3v) is 5.00. The van der Waals surface area contributed by atoms with Crippen LogP contribution < -0.4 is 5.32 Å². The molecule has 144 valence electrons. The molecule has 1 fully saturated rings. The molecule has 27 heavy (non-hydrogen) atoms. The molecule has 0 atom stereocenters. The lowest BCUT2D eigenvalue weighted by Gasteiger charge is -2.27. The van der Waals surface area contributed by atoms with Gasteiger partial charge in [-0.1, -0.05) is 24.3 Å². The molecule has 0 bridgehead atoms. The molecular formula is C19H21F2N3O2S. The highest BCUT2D eigenvalue weighted by molar-refractivity contribution is 7.99. The lowest BCUT2D eigenvalue weighted by molar-refractivity contribution is 0.0340. The van der Waals surface area contributed by atoms with Crippen LogP contribution in [0.25, 0.3) is 0 Å². The van der Waals surface area contributed by atoms with Gasteiger partial charge in [-0.25, -0.2) is 4.98 Å². The van der Waals surface area contributed by atoms with E-state index in [1.165, 1.54) is 12.3 Å². The van der Waals surface area contributed by atoms with Gasteiger partial charge in [0.15, 0.2) is 0 Å². The van der Waals surface area contributed by atoms with Crippen LogP contribution in [0.15, 0.2) is 47.6 Å². The van der Waals surface area contributed by atoms with Crippen LogP contribution >= 0.6 is 11.8 Å². The summed E-state index contributed by atoms with van der Waals surface area (Å²) in [6, 6.07) is 11.0. The van der Waals surface area contributed by atoms with Crippen LogP contribution in [0.2, 0.25) is 0 Å². The largest absolute Gasteiger partial charge is 0.379 e. The van der Waals surface area contributed by atoms with Crippen LogP contribution in [-0.2, 0) is 17.8 Å². The second kappa shape index (κ2) is 9.77. The summed E-state index contributed by atoms with van der Waals surface area (Å²) in [6.45, 7) is 4.33. The number of halogens is 2. The lowest BCUT2D eigenvalue weighted by atomic mass is 10.1. The maximum Gasteiger partial charge on any atom is 0.290 e. The van der Waals surface area contributed by atoms with Crippen molar-refractivity contribution in [3.63, 3.8) is 0 Å². The van der Waals surface area contributed by atoms with E-state index >= 15 is 0 Å². The molecule has 0 aliphatic carbocycles. The fourth-order valence-electron chi connectivity index (χ4n) is 2.90. The Morgan fingerprint density at radius 2 is 1.93 bits per heavy atom. The van der Waals surface area contributed by atoms with Crippen LogP contribution in [0, 0.1) is 0 Å². The zero-order valence-corrected chi connectivity index (χ0v) is 15.6. The maximum atomic E-state index is 12.7. The van der Waals surface area contributed by atoms with Gasteiger partial charge in [-0.2, -0.15) is 8.78 Å². The van der Waals surface area contributed by atoms with Gasteiger partial charge in [0.1, 0.15) is 5.03 Å². The Morgan fingerprint density at radius 3 is 2.67 bits per heavy atom. The molecule has 5 nitrogen and oxygen atoms in total. The van der Waals surface area contributed by atoms with Crippen molar-refractivity contribution in [2.24, 2.45) is 0 Å². The van der Waals surface area contributed by atoms with Crippen LogP contribution in [0.4, 0.5) is 8.78 Å². The van der Waals surface area contributed by atoms with Gasteiger partial charge in [-0.05, 0) is 35.0 Å². The number of carbonyl (C=O) groups is 1. The van der Waals surface area contributed by atoms with E-state index in [1.807, 2.05) is 24.3 Å². The Morgan fingerprint density at radius 1 is 1.19 bits per heavy atom. The number of aromatic nitrogens is 1. The monoisotopic (exact) mass is 393 g/mol. The normalized spacial score (nSPS) is 15.1. The summed E-state index contributed by atoms with van der Waals surface area (Å²) in [7, 11) is 0. The molecule has 1 aliphatic heterocycles. The average molecular weight is 393 g/mol. The number of amides is 1. The number of nitrogens with zero attached hydrogens (tertiary/aromatic N) is 2. The predicted molar refractivity (Wildman–Crippen MR) is 99.8 cm³/mol. The van der Waals surface area contributed by atoms with Crippen molar-refractivity contribution in [1.82, 2.24) is 15.2 Å². The Balaban J connectivity index is 1.66. The SMILES string of the molecule is O=C(NCc1ccccc1CN1CCOCC1)c1cccnc1SC(F)F. The van der Waals surface area contributed by atoms with E-state index in [4.69, 9.17) is 4.74 Å². The van der Waals surface area contributed by atoms with Crippen molar-refractivity contribution in [2.75, 3.05) is 26.3 Å². The van der Waals surface area contributed by atoms with E-state index < -0.39 is 11.7 Å². The van der Waals surface area contributed by atoms with E-state index in [0.29, 0.717) is 6.54 Å². The zero-order valence-electron chi connectivity index (χ0n) is 14.7. The van der Waals surface area contributed by atoms with Gasteiger partial charge >= 0.3 is 0 Å². The van der Waals surface area contributed by atoms with Crippen molar-refractivity contribution in [3.8, 4) is 0 Å². The summed E-state index contributed by atoms with van der Waals surface area (Å²) in [4.78, 5) is 18.7. The molecule has 0 saturated carbocycles. The molecular weight excluding hydrogens is 372 g/mol. The zero-order chi connectivity index (χ0) is 19.1. The van der Waals surface area contributed by atoms with Gasteiger partial charge < -0.3 is 10.1 Å². The van der Waals surface area contributed by atoms with Crippen LogP contribution in [0.3, 0.4) is 0 Å². The first-order valence-corrected chi connectivity index (χ1v) is 9.56. The fraction of sp³-hybridized carbons (Fsp3) is 0.368. The summed E-state index contributed by atoms with van der Waals surface area (Å²) >= 11 is 0.278. The summed E-state index contributed by atoms with van der Waals surface area (Å²) < 4.78 is 30.7. The quantitative estimate of drug-likeness (QED) is 0.733. The second-order valence-corrected chi connectivity index (χ2v) is 7.05. The maximum absolute atomic E-state index is 12.7.